The number of Topliss-reactive ketones (excluding diaryl/α,β-unsaturated/α-hetero) is 1. The summed E-state index contributed by atoms with van der Waals surface area (Å²) in [6, 6.07) is 7.62. The number of allylic oxidation sites excluding steroid dienone is 1. The van der Waals surface area contributed by atoms with Gasteiger partial charge < -0.3 is 24.6 Å². The average molecular weight is 458 g/mol. The number of methoxy groups -OCH3 is 2. The van der Waals surface area contributed by atoms with E-state index in [0.29, 0.717) is 17.8 Å². The number of rotatable bonds is 5. The highest BCUT2D eigenvalue weighted by Gasteiger charge is 2.60. The van der Waals surface area contributed by atoms with Crippen LogP contribution in [-0.4, -0.2) is 42.5 Å². The van der Waals surface area contributed by atoms with Crippen molar-refractivity contribution in [2.24, 2.45) is 5.92 Å². The number of halogens is 1. The van der Waals surface area contributed by atoms with E-state index in [4.69, 9.17) is 30.9 Å². The van der Waals surface area contributed by atoms with Crippen LogP contribution in [0.2, 0.25) is 5.02 Å². The van der Waals surface area contributed by atoms with Crippen molar-refractivity contribution in [3.8, 4) is 17.2 Å². The number of carboxylic acids is 1. The number of fused-ring (bicyclic) bond motifs is 1. The molecule has 2 aromatic rings. The molecule has 0 fully saturated rings. The highest BCUT2D eigenvalue weighted by atomic mass is 35.5. The monoisotopic (exact) mass is 457 g/mol. The van der Waals surface area contributed by atoms with Crippen LogP contribution in [0.3, 0.4) is 0 Å². The lowest BCUT2D eigenvalue weighted by molar-refractivity contribution is -0.129. The summed E-state index contributed by atoms with van der Waals surface area (Å²) in [5, 5.41) is 12.2. The molecule has 1 heterocycles. The molecule has 1 spiro atoms. The Kier molecular flexibility index (Phi) is 5.34. The van der Waals surface area contributed by atoms with E-state index in [9.17, 15) is 14.4 Å². The number of carboxylic acid groups (broad SMARTS) is 1. The van der Waals surface area contributed by atoms with Gasteiger partial charge in [0.2, 0.25) is 17.2 Å². The van der Waals surface area contributed by atoms with E-state index < -0.39 is 29.1 Å². The smallest absolute Gasteiger partial charge is 0.335 e. The molecule has 2 atom stereocenters. The minimum Gasteiger partial charge on any atom is -0.496 e. The van der Waals surface area contributed by atoms with E-state index in [1.165, 1.54) is 38.5 Å². The zero-order chi connectivity index (χ0) is 23.2. The molecule has 4 rings (SSSR count). The van der Waals surface area contributed by atoms with Gasteiger partial charge in [0.1, 0.15) is 22.1 Å². The predicted molar refractivity (Wildman–Crippen MR) is 116 cm³/mol. The lowest BCUT2D eigenvalue weighted by Crippen LogP contribution is -2.55. The number of anilines is 1. The summed E-state index contributed by atoms with van der Waals surface area (Å²) in [4.78, 5) is 37.7. The molecular weight excluding hydrogens is 438 g/mol. The van der Waals surface area contributed by atoms with Crippen LogP contribution in [0.15, 0.2) is 42.1 Å². The van der Waals surface area contributed by atoms with Crippen LogP contribution in [0, 0.1) is 5.92 Å². The third kappa shape index (κ3) is 3.18. The summed E-state index contributed by atoms with van der Waals surface area (Å²) in [6.45, 7) is 1.75. The van der Waals surface area contributed by atoms with Crippen LogP contribution < -0.4 is 19.5 Å². The molecule has 0 saturated heterocycles. The maximum atomic E-state index is 13.5. The first kappa shape index (κ1) is 21.7. The van der Waals surface area contributed by atoms with Gasteiger partial charge in [-0.3, -0.25) is 9.59 Å². The molecule has 32 heavy (non-hydrogen) atoms. The van der Waals surface area contributed by atoms with E-state index in [2.05, 4.69) is 5.32 Å². The van der Waals surface area contributed by atoms with E-state index in [1.54, 1.807) is 19.1 Å². The molecule has 2 aromatic carbocycles. The SMILES string of the molecule is COc1cc(OC)c2c(c1Cl)OC1(C(=O)C=C(Nc3ccc(C(=O)O)cc3)CC1C)C2=O. The first-order valence-electron chi connectivity index (χ1n) is 9.76. The lowest BCUT2D eigenvalue weighted by atomic mass is 9.74. The highest BCUT2D eigenvalue weighted by molar-refractivity contribution is 6.36. The summed E-state index contributed by atoms with van der Waals surface area (Å²) < 4.78 is 16.6. The van der Waals surface area contributed by atoms with Crippen molar-refractivity contribution < 1.29 is 33.7 Å². The zero-order valence-electron chi connectivity index (χ0n) is 17.5. The quantitative estimate of drug-likeness (QED) is 0.649. The number of carbonyl (C=O) groups excluding carboxylic acids is 2. The Labute approximate surface area is 188 Å². The van der Waals surface area contributed by atoms with Gasteiger partial charge in [0.05, 0.1) is 19.8 Å². The molecule has 0 radical (unpaired) electrons. The number of benzene rings is 2. The summed E-state index contributed by atoms with van der Waals surface area (Å²) in [6.07, 6.45) is 1.68. The average Bonchev–Trinajstić information content (AvgIpc) is 3.08. The Hall–Kier alpha value is -3.52. The fourth-order valence-corrected chi connectivity index (χ4v) is 4.36. The first-order chi connectivity index (χ1) is 15.2. The number of carbonyl (C=O) groups is 3. The summed E-state index contributed by atoms with van der Waals surface area (Å²) in [5.74, 6) is -2.01. The van der Waals surface area contributed by atoms with Crippen LogP contribution in [0.5, 0.6) is 17.2 Å². The minimum absolute atomic E-state index is 0.0714. The normalized spacial score (nSPS) is 21.6. The van der Waals surface area contributed by atoms with Crippen molar-refractivity contribution in [1.82, 2.24) is 0 Å². The Balaban J connectivity index is 1.67. The molecule has 1 aliphatic carbocycles. The third-order valence-corrected chi connectivity index (χ3v) is 6.10. The second kappa shape index (κ2) is 7.87. The number of ether oxygens (including phenoxy) is 3. The van der Waals surface area contributed by atoms with E-state index in [1.807, 2.05) is 0 Å². The lowest BCUT2D eigenvalue weighted by Gasteiger charge is -2.35. The highest BCUT2D eigenvalue weighted by Crippen LogP contribution is 2.53. The molecule has 1 aliphatic heterocycles. The Bertz CT molecular complexity index is 1170. The van der Waals surface area contributed by atoms with Crippen molar-refractivity contribution in [3.05, 3.63) is 58.3 Å². The molecule has 2 aliphatic rings. The van der Waals surface area contributed by atoms with E-state index in [-0.39, 0.29) is 33.4 Å². The molecule has 2 N–H and O–H groups in total. The van der Waals surface area contributed by atoms with E-state index >= 15 is 0 Å². The molecule has 8 nitrogen and oxygen atoms in total. The second-order valence-corrected chi connectivity index (χ2v) is 7.99. The van der Waals surface area contributed by atoms with Gasteiger partial charge in [0.15, 0.2) is 5.75 Å². The second-order valence-electron chi connectivity index (χ2n) is 7.61. The fourth-order valence-electron chi connectivity index (χ4n) is 4.10. The summed E-state index contributed by atoms with van der Waals surface area (Å²) >= 11 is 6.38. The van der Waals surface area contributed by atoms with Gasteiger partial charge >= 0.3 is 5.97 Å². The Morgan fingerprint density at radius 3 is 2.41 bits per heavy atom. The van der Waals surface area contributed by atoms with Crippen molar-refractivity contribution in [2.45, 2.75) is 18.9 Å². The third-order valence-electron chi connectivity index (χ3n) is 5.75. The summed E-state index contributed by atoms with van der Waals surface area (Å²) in [7, 11) is 2.84. The number of nitrogens with one attached hydrogen (secondary N) is 1. The maximum absolute atomic E-state index is 13.5. The Morgan fingerprint density at radius 1 is 1.19 bits per heavy atom. The number of hydrogen-bond acceptors (Lipinski definition) is 7. The topological polar surface area (TPSA) is 111 Å². The molecule has 2 unspecified atom stereocenters. The molecule has 0 aromatic heterocycles. The molecule has 166 valence electrons. The van der Waals surface area contributed by atoms with Crippen molar-refractivity contribution >= 4 is 34.8 Å². The Morgan fingerprint density at radius 2 is 1.84 bits per heavy atom. The summed E-state index contributed by atoms with van der Waals surface area (Å²) in [5.41, 5.74) is -0.273. The van der Waals surface area contributed by atoms with Crippen LogP contribution >= 0.6 is 11.6 Å². The fraction of sp³-hybridized carbons (Fsp3) is 0.261. The molecule has 0 saturated carbocycles. The van der Waals surface area contributed by atoms with Crippen LogP contribution in [0.4, 0.5) is 5.69 Å². The molecule has 0 amide bonds. The number of aromatic carboxylic acids is 1. The molecular formula is C23H20ClNO7. The van der Waals surface area contributed by atoms with E-state index in [0.717, 1.165) is 0 Å². The largest absolute Gasteiger partial charge is 0.496 e. The maximum Gasteiger partial charge on any atom is 0.335 e. The van der Waals surface area contributed by atoms with Crippen molar-refractivity contribution in [2.75, 3.05) is 19.5 Å². The zero-order valence-corrected chi connectivity index (χ0v) is 18.3. The molecule has 0 bridgehead atoms. The minimum atomic E-state index is -1.75. The van der Waals surface area contributed by atoms with Gasteiger partial charge in [-0.1, -0.05) is 18.5 Å². The number of hydrogen-bond donors (Lipinski definition) is 2. The van der Waals surface area contributed by atoms with Crippen molar-refractivity contribution in [3.63, 3.8) is 0 Å². The first-order valence-corrected chi connectivity index (χ1v) is 10.1. The van der Waals surface area contributed by atoms with Gasteiger partial charge in [0.25, 0.3) is 0 Å². The standard InChI is InChI=1S/C23H20ClNO7/c1-11-8-14(25-13-6-4-12(5-7-13)22(28)29)9-17(26)23(11)21(27)18-15(30-2)10-16(31-3)19(24)20(18)32-23/h4-7,9-11,25H,8H2,1-3H3,(H,28,29). The molecule has 9 heteroatoms. The number of ketones is 2. The van der Waals surface area contributed by atoms with Crippen LogP contribution in [0.25, 0.3) is 0 Å². The van der Waals surface area contributed by atoms with Gasteiger partial charge in [0, 0.05) is 29.4 Å². The van der Waals surface area contributed by atoms with Gasteiger partial charge in [-0.15, -0.1) is 0 Å². The van der Waals surface area contributed by atoms with Gasteiger partial charge in [-0.2, -0.15) is 0 Å². The van der Waals surface area contributed by atoms with Gasteiger partial charge in [-0.05, 0) is 30.7 Å². The van der Waals surface area contributed by atoms with Crippen LogP contribution in [-0.2, 0) is 4.79 Å². The van der Waals surface area contributed by atoms with Crippen molar-refractivity contribution in [1.29, 1.82) is 0 Å². The predicted octanol–water partition coefficient (Wildman–Crippen LogP) is 3.97. The van der Waals surface area contributed by atoms with Gasteiger partial charge in [-0.25, -0.2) is 4.79 Å². The van der Waals surface area contributed by atoms with Crippen LogP contribution in [0.1, 0.15) is 34.1 Å².